The SMILES string of the molecule is COC(C)=O.O=C1NCc2ccccc21. The lowest BCUT2D eigenvalue weighted by Crippen LogP contribution is -2.12. The average molecular weight is 207 g/mol. The zero-order valence-electron chi connectivity index (χ0n) is 8.74. The first-order chi connectivity index (χ1) is 7.15. The highest BCUT2D eigenvalue weighted by atomic mass is 16.5. The fraction of sp³-hybridized carbons (Fsp3) is 0.273. The van der Waals surface area contributed by atoms with E-state index in [1.807, 2.05) is 24.3 Å². The molecule has 0 aromatic heterocycles. The molecule has 1 N–H and O–H groups in total. The summed E-state index contributed by atoms with van der Waals surface area (Å²) in [4.78, 5) is 20.5. The number of nitrogens with one attached hydrogen (secondary N) is 1. The summed E-state index contributed by atoms with van der Waals surface area (Å²) in [6, 6.07) is 7.63. The summed E-state index contributed by atoms with van der Waals surface area (Å²) >= 11 is 0. The molecule has 1 amide bonds. The number of esters is 1. The van der Waals surface area contributed by atoms with Crippen LogP contribution in [0.2, 0.25) is 0 Å². The number of benzene rings is 1. The summed E-state index contributed by atoms with van der Waals surface area (Å²) in [7, 11) is 1.35. The van der Waals surface area contributed by atoms with Crippen molar-refractivity contribution in [3.8, 4) is 0 Å². The summed E-state index contributed by atoms with van der Waals surface area (Å²) in [5.41, 5.74) is 1.93. The Morgan fingerprint density at radius 2 is 2.00 bits per heavy atom. The highest BCUT2D eigenvalue weighted by molar-refractivity contribution is 5.98. The first-order valence-corrected chi connectivity index (χ1v) is 4.56. The number of rotatable bonds is 0. The predicted molar refractivity (Wildman–Crippen MR) is 55.3 cm³/mol. The Labute approximate surface area is 88.2 Å². The van der Waals surface area contributed by atoms with Crippen LogP contribution in [-0.2, 0) is 16.1 Å². The molecule has 15 heavy (non-hydrogen) atoms. The molecular weight excluding hydrogens is 194 g/mol. The Bertz CT molecular complexity index is 374. The maximum Gasteiger partial charge on any atom is 0.302 e. The molecule has 4 nitrogen and oxygen atoms in total. The van der Waals surface area contributed by atoms with Gasteiger partial charge in [0.15, 0.2) is 0 Å². The van der Waals surface area contributed by atoms with Gasteiger partial charge in [0.25, 0.3) is 5.91 Å². The van der Waals surface area contributed by atoms with E-state index in [9.17, 15) is 9.59 Å². The summed E-state index contributed by atoms with van der Waals surface area (Å²) in [6.07, 6.45) is 0. The lowest BCUT2D eigenvalue weighted by molar-refractivity contribution is -0.137. The Kier molecular flexibility index (Phi) is 3.85. The molecule has 0 unspecified atom stereocenters. The van der Waals surface area contributed by atoms with Gasteiger partial charge in [0.05, 0.1) is 7.11 Å². The van der Waals surface area contributed by atoms with Crippen LogP contribution < -0.4 is 5.32 Å². The third-order valence-corrected chi connectivity index (χ3v) is 1.99. The zero-order chi connectivity index (χ0) is 11.3. The van der Waals surface area contributed by atoms with E-state index < -0.39 is 0 Å². The van der Waals surface area contributed by atoms with E-state index in [1.165, 1.54) is 14.0 Å². The molecule has 2 rings (SSSR count). The van der Waals surface area contributed by atoms with Gasteiger partial charge in [-0.05, 0) is 11.6 Å². The molecular formula is C11H13NO3. The number of ether oxygens (including phenoxy) is 1. The van der Waals surface area contributed by atoms with Crippen LogP contribution in [0.15, 0.2) is 24.3 Å². The van der Waals surface area contributed by atoms with E-state index in [-0.39, 0.29) is 11.9 Å². The quantitative estimate of drug-likeness (QED) is 0.648. The van der Waals surface area contributed by atoms with E-state index in [2.05, 4.69) is 10.1 Å². The monoisotopic (exact) mass is 207 g/mol. The second kappa shape index (κ2) is 5.14. The van der Waals surface area contributed by atoms with Crippen molar-refractivity contribution < 1.29 is 14.3 Å². The maximum atomic E-state index is 11.0. The standard InChI is InChI=1S/C8H7NO.C3H6O2/c10-8-7-4-2-1-3-6(7)5-9-8;1-3(4)5-2/h1-4H,5H2,(H,9,10);1-2H3. The molecule has 0 radical (unpaired) electrons. The number of amides is 1. The summed E-state index contributed by atoms with van der Waals surface area (Å²) < 4.78 is 4.11. The molecule has 0 bridgehead atoms. The number of hydrogen-bond acceptors (Lipinski definition) is 3. The fourth-order valence-corrected chi connectivity index (χ4v) is 1.17. The van der Waals surface area contributed by atoms with Gasteiger partial charge in [-0.3, -0.25) is 9.59 Å². The van der Waals surface area contributed by atoms with Crippen molar-refractivity contribution in [1.29, 1.82) is 0 Å². The normalized spacial score (nSPS) is 12.0. The number of fused-ring (bicyclic) bond motifs is 1. The van der Waals surface area contributed by atoms with Gasteiger partial charge >= 0.3 is 5.97 Å². The molecule has 0 saturated carbocycles. The average Bonchev–Trinajstić information content (AvgIpc) is 2.62. The van der Waals surface area contributed by atoms with Crippen molar-refractivity contribution in [2.75, 3.05) is 7.11 Å². The molecule has 1 heterocycles. The van der Waals surface area contributed by atoms with E-state index in [0.29, 0.717) is 6.54 Å². The number of carbonyl (C=O) groups is 2. The molecule has 80 valence electrons. The van der Waals surface area contributed by atoms with Crippen LogP contribution >= 0.6 is 0 Å². The zero-order valence-corrected chi connectivity index (χ0v) is 8.74. The van der Waals surface area contributed by atoms with Crippen molar-refractivity contribution in [1.82, 2.24) is 5.32 Å². The number of hydrogen-bond donors (Lipinski definition) is 1. The van der Waals surface area contributed by atoms with Crippen molar-refractivity contribution >= 4 is 11.9 Å². The molecule has 0 saturated heterocycles. The molecule has 4 heteroatoms. The second-order valence-electron chi connectivity index (χ2n) is 3.04. The van der Waals surface area contributed by atoms with Crippen LogP contribution in [0.5, 0.6) is 0 Å². The number of methoxy groups -OCH3 is 1. The maximum absolute atomic E-state index is 11.0. The van der Waals surface area contributed by atoms with E-state index in [1.54, 1.807) is 0 Å². The molecule has 1 aromatic rings. The third-order valence-electron chi connectivity index (χ3n) is 1.99. The summed E-state index contributed by atoms with van der Waals surface area (Å²) in [6.45, 7) is 2.05. The largest absolute Gasteiger partial charge is 0.469 e. The first kappa shape index (κ1) is 11.2. The van der Waals surface area contributed by atoms with E-state index in [0.717, 1.165) is 11.1 Å². The first-order valence-electron chi connectivity index (χ1n) is 4.56. The molecule has 0 spiro atoms. The molecule has 0 aliphatic carbocycles. The van der Waals surface area contributed by atoms with Gasteiger partial charge in [0.1, 0.15) is 0 Å². The van der Waals surface area contributed by atoms with Gasteiger partial charge in [-0.25, -0.2) is 0 Å². The Balaban J connectivity index is 0.000000195. The minimum atomic E-state index is -0.245. The molecule has 0 fully saturated rings. The second-order valence-corrected chi connectivity index (χ2v) is 3.04. The van der Waals surface area contributed by atoms with Crippen molar-refractivity contribution in [2.24, 2.45) is 0 Å². The van der Waals surface area contributed by atoms with E-state index >= 15 is 0 Å². The third kappa shape index (κ3) is 3.09. The number of carbonyl (C=O) groups excluding carboxylic acids is 2. The van der Waals surface area contributed by atoms with Gasteiger partial charge < -0.3 is 10.1 Å². The van der Waals surface area contributed by atoms with Crippen LogP contribution in [0.1, 0.15) is 22.8 Å². The van der Waals surface area contributed by atoms with Crippen molar-refractivity contribution in [2.45, 2.75) is 13.5 Å². The minimum absolute atomic E-state index is 0.0515. The van der Waals surface area contributed by atoms with Gasteiger partial charge in [0.2, 0.25) is 0 Å². The highest BCUT2D eigenvalue weighted by Gasteiger charge is 2.16. The van der Waals surface area contributed by atoms with Crippen LogP contribution in [0.4, 0.5) is 0 Å². The molecule has 0 atom stereocenters. The van der Waals surface area contributed by atoms with Gasteiger partial charge in [0, 0.05) is 19.0 Å². The molecule has 1 aromatic carbocycles. The summed E-state index contributed by atoms with van der Waals surface area (Å²) in [5.74, 6) is -0.194. The van der Waals surface area contributed by atoms with Crippen LogP contribution in [-0.4, -0.2) is 19.0 Å². The van der Waals surface area contributed by atoms with Crippen LogP contribution in [0.3, 0.4) is 0 Å². The van der Waals surface area contributed by atoms with Gasteiger partial charge in [-0.1, -0.05) is 18.2 Å². The Hall–Kier alpha value is -1.84. The van der Waals surface area contributed by atoms with Gasteiger partial charge in [-0.15, -0.1) is 0 Å². The summed E-state index contributed by atoms with van der Waals surface area (Å²) in [5, 5.41) is 2.75. The van der Waals surface area contributed by atoms with Crippen molar-refractivity contribution in [3.63, 3.8) is 0 Å². The van der Waals surface area contributed by atoms with Crippen LogP contribution in [0.25, 0.3) is 0 Å². The molecule has 1 aliphatic heterocycles. The van der Waals surface area contributed by atoms with Gasteiger partial charge in [-0.2, -0.15) is 0 Å². The Morgan fingerprint density at radius 3 is 2.53 bits per heavy atom. The topological polar surface area (TPSA) is 55.4 Å². The van der Waals surface area contributed by atoms with E-state index in [4.69, 9.17) is 0 Å². The minimum Gasteiger partial charge on any atom is -0.469 e. The van der Waals surface area contributed by atoms with Crippen LogP contribution in [0, 0.1) is 0 Å². The fourth-order valence-electron chi connectivity index (χ4n) is 1.17. The van der Waals surface area contributed by atoms with Crippen molar-refractivity contribution in [3.05, 3.63) is 35.4 Å². The Morgan fingerprint density at radius 1 is 1.40 bits per heavy atom. The lowest BCUT2D eigenvalue weighted by atomic mass is 10.1. The highest BCUT2D eigenvalue weighted by Crippen LogP contribution is 2.13. The molecule has 1 aliphatic rings. The lowest BCUT2D eigenvalue weighted by Gasteiger charge is -1.89. The predicted octanol–water partition coefficient (Wildman–Crippen LogP) is 1.11. The smallest absolute Gasteiger partial charge is 0.302 e.